The molecule has 5 heteroatoms. The molecule has 0 unspecified atom stereocenters. The highest BCUT2D eigenvalue weighted by molar-refractivity contribution is 7.92. The fraction of sp³-hybridized carbons (Fsp3) is 0.600. The summed E-state index contributed by atoms with van der Waals surface area (Å²) in [5.41, 5.74) is 1.18. The van der Waals surface area contributed by atoms with E-state index in [1.54, 1.807) is 20.8 Å². The summed E-state index contributed by atoms with van der Waals surface area (Å²) in [4.78, 5) is 0. The average molecular weight is 299 g/mol. The zero-order valence-electron chi connectivity index (χ0n) is 12.8. The second-order valence-electron chi connectivity index (χ2n) is 5.70. The quantitative estimate of drug-likeness (QED) is 0.840. The molecule has 0 aliphatic carbocycles. The smallest absolute Gasteiger partial charge is 0.158 e. The largest absolute Gasteiger partial charge is 0.493 e. The Bertz CT molecular complexity index is 501. The second-order valence-corrected chi connectivity index (χ2v) is 8.57. The van der Waals surface area contributed by atoms with Crippen LogP contribution in [0.15, 0.2) is 24.3 Å². The van der Waals surface area contributed by atoms with Crippen molar-refractivity contribution in [3.63, 3.8) is 0 Å². The molecule has 1 rings (SSSR count). The molecule has 1 aromatic rings. The van der Waals surface area contributed by atoms with Gasteiger partial charge in [-0.25, -0.2) is 8.42 Å². The Kier molecular flexibility index (Phi) is 6.02. The number of hydrogen-bond donors (Lipinski definition) is 1. The highest BCUT2D eigenvalue weighted by Gasteiger charge is 2.28. The standard InChI is InChI=1S/C15H25NO3S/c1-5-16-12-13-6-8-14(9-7-13)19-10-11-20(17,18)15(2,3)4/h6-9,16H,5,10-12H2,1-4H3. The predicted octanol–water partition coefficient (Wildman–Crippen LogP) is 2.39. The molecule has 1 N–H and O–H groups in total. The molecule has 0 spiro atoms. The van der Waals surface area contributed by atoms with Crippen LogP contribution >= 0.6 is 0 Å². The van der Waals surface area contributed by atoms with E-state index < -0.39 is 14.6 Å². The zero-order chi connectivity index (χ0) is 15.2. The van der Waals surface area contributed by atoms with Crippen molar-refractivity contribution in [3.8, 4) is 5.75 Å². The predicted molar refractivity (Wildman–Crippen MR) is 82.9 cm³/mol. The highest BCUT2D eigenvalue weighted by atomic mass is 32.2. The first-order valence-corrected chi connectivity index (χ1v) is 8.56. The number of ether oxygens (including phenoxy) is 1. The molecular weight excluding hydrogens is 274 g/mol. The number of rotatable bonds is 7. The Morgan fingerprint density at radius 3 is 2.25 bits per heavy atom. The minimum atomic E-state index is -3.12. The molecule has 0 amide bonds. The van der Waals surface area contributed by atoms with Gasteiger partial charge in [-0.3, -0.25) is 0 Å². The van der Waals surface area contributed by atoms with Crippen molar-refractivity contribution in [1.82, 2.24) is 5.32 Å². The SMILES string of the molecule is CCNCc1ccc(OCCS(=O)(=O)C(C)(C)C)cc1. The molecule has 20 heavy (non-hydrogen) atoms. The summed E-state index contributed by atoms with van der Waals surface area (Å²) in [5.74, 6) is 0.740. The molecule has 0 saturated heterocycles. The van der Waals surface area contributed by atoms with E-state index in [4.69, 9.17) is 4.74 Å². The van der Waals surface area contributed by atoms with Crippen LogP contribution in [0.4, 0.5) is 0 Å². The Balaban J connectivity index is 2.47. The van der Waals surface area contributed by atoms with Crippen molar-refractivity contribution >= 4 is 9.84 Å². The molecule has 0 bridgehead atoms. The van der Waals surface area contributed by atoms with Crippen LogP contribution in [0, 0.1) is 0 Å². The lowest BCUT2D eigenvalue weighted by molar-refractivity contribution is 0.339. The van der Waals surface area contributed by atoms with Gasteiger partial charge in [0.25, 0.3) is 0 Å². The first kappa shape index (κ1) is 17.0. The average Bonchev–Trinajstić information content (AvgIpc) is 2.36. The van der Waals surface area contributed by atoms with Gasteiger partial charge in [-0.2, -0.15) is 0 Å². The minimum absolute atomic E-state index is 0.0373. The van der Waals surface area contributed by atoms with E-state index in [1.807, 2.05) is 24.3 Å². The van der Waals surface area contributed by atoms with Gasteiger partial charge in [-0.15, -0.1) is 0 Å². The lowest BCUT2D eigenvalue weighted by Crippen LogP contribution is -2.32. The summed E-state index contributed by atoms with van der Waals surface area (Å²) >= 11 is 0. The van der Waals surface area contributed by atoms with Crippen LogP contribution in [0.1, 0.15) is 33.3 Å². The van der Waals surface area contributed by atoms with Crippen LogP contribution in [0.2, 0.25) is 0 Å². The lowest BCUT2D eigenvalue weighted by Gasteiger charge is -2.19. The maximum Gasteiger partial charge on any atom is 0.158 e. The summed E-state index contributed by atoms with van der Waals surface area (Å²) in [6.45, 7) is 9.13. The normalized spacial score (nSPS) is 12.4. The third kappa shape index (κ3) is 5.13. The molecule has 0 fully saturated rings. The third-order valence-corrected chi connectivity index (χ3v) is 5.63. The van der Waals surface area contributed by atoms with Crippen LogP contribution in [0.3, 0.4) is 0 Å². The van der Waals surface area contributed by atoms with E-state index in [0.717, 1.165) is 13.1 Å². The first-order chi connectivity index (χ1) is 9.26. The Hall–Kier alpha value is -1.07. The molecule has 0 saturated carbocycles. The Morgan fingerprint density at radius 2 is 1.75 bits per heavy atom. The lowest BCUT2D eigenvalue weighted by atomic mass is 10.2. The molecule has 0 heterocycles. The molecule has 114 valence electrons. The Morgan fingerprint density at radius 1 is 1.15 bits per heavy atom. The van der Waals surface area contributed by atoms with Gasteiger partial charge < -0.3 is 10.1 Å². The minimum Gasteiger partial charge on any atom is -0.493 e. The third-order valence-electron chi connectivity index (χ3n) is 3.06. The number of sulfone groups is 1. The van der Waals surface area contributed by atoms with Gasteiger partial charge in [0.05, 0.1) is 10.5 Å². The van der Waals surface area contributed by atoms with E-state index in [0.29, 0.717) is 5.75 Å². The van der Waals surface area contributed by atoms with Crippen LogP contribution in [0.5, 0.6) is 5.75 Å². The molecular formula is C15H25NO3S. The summed E-state index contributed by atoms with van der Waals surface area (Å²) in [5, 5.41) is 3.24. The van der Waals surface area contributed by atoms with Crippen LogP contribution in [-0.4, -0.2) is 32.1 Å². The van der Waals surface area contributed by atoms with E-state index in [9.17, 15) is 8.42 Å². The molecule has 0 atom stereocenters. The molecule has 0 aliphatic heterocycles. The van der Waals surface area contributed by atoms with Gasteiger partial charge in [-0.05, 0) is 45.0 Å². The van der Waals surface area contributed by atoms with Gasteiger partial charge in [-0.1, -0.05) is 19.1 Å². The van der Waals surface area contributed by atoms with Gasteiger partial charge in [0.15, 0.2) is 9.84 Å². The van der Waals surface area contributed by atoms with E-state index in [1.165, 1.54) is 5.56 Å². The molecule has 4 nitrogen and oxygen atoms in total. The van der Waals surface area contributed by atoms with Crippen LogP contribution in [-0.2, 0) is 16.4 Å². The maximum atomic E-state index is 11.9. The number of hydrogen-bond acceptors (Lipinski definition) is 4. The zero-order valence-corrected chi connectivity index (χ0v) is 13.6. The summed E-state index contributed by atoms with van der Waals surface area (Å²) in [6.07, 6.45) is 0. The fourth-order valence-corrected chi connectivity index (χ4v) is 2.46. The van der Waals surface area contributed by atoms with Gasteiger partial charge in [0, 0.05) is 6.54 Å². The summed E-state index contributed by atoms with van der Waals surface area (Å²) < 4.78 is 28.6. The van der Waals surface area contributed by atoms with Crippen LogP contribution < -0.4 is 10.1 Å². The van der Waals surface area contributed by atoms with Gasteiger partial charge in [0.1, 0.15) is 12.4 Å². The monoisotopic (exact) mass is 299 g/mol. The van der Waals surface area contributed by atoms with Gasteiger partial charge in [0.2, 0.25) is 0 Å². The van der Waals surface area contributed by atoms with E-state index in [2.05, 4.69) is 12.2 Å². The molecule has 0 aromatic heterocycles. The number of benzene rings is 1. The van der Waals surface area contributed by atoms with E-state index in [-0.39, 0.29) is 12.4 Å². The fourth-order valence-electron chi connectivity index (χ4n) is 1.55. The highest BCUT2D eigenvalue weighted by Crippen LogP contribution is 2.17. The Labute approximate surface area is 122 Å². The summed E-state index contributed by atoms with van der Waals surface area (Å²) in [6, 6.07) is 7.71. The first-order valence-electron chi connectivity index (χ1n) is 6.91. The molecule has 0 radical (unpaired) electrons. The topological polar surface area (TPSA) is 55.4 Å². The van der Waals surface area contributed by atoms with Crippen molar-refractivity contribution in [2.45, 2.75) is 39.0 Å². The van der Waals surface area contributed by atoms with Crippen molar-refractivity contribution in [2.24, 2.45) is 0 Å². The second kappa shape index (κ2) is 7.09. The maximum absolute atomic E-state index is 11.9. The van der Waals surface area contributed by atoms with E-state index >= 15 is 0 Å². The molecule has 1 aromatic carbocycles. The van der Waals surface area contributed by atoms with Crippen molar-refractivity contribution < 1.29 is 13.2 Å². The summed E-state index contributed by atoms with van der Waals surface area (Å²) in [7, 11) is -3.12. The molecule has 0 aliphatic rings. The number of nitrogens with one attached hydrogen (secondary N) is 1. The van der Waals surface area contributed by atoms with Crippen molar-refractivity contribution in [1.29, 1.82) is 0 Å². The van der Waals surface area contributed by atoms with Crippen molar-refractivity contribution in [3.05, 3.63) is 29.8 Å². The van der Waals surface area contributed by atoms with Gasteiger partial charge >= 0.3 is 0 Å². The van der Waals surface area contributed by atoms with Crippen LogP contribution in [0.25, 0.3) is 0 Å². The van der Waals surface area contributed by atoms with Crippen molar-refractivity contribution in [2.75, 3.05) is 18.9 Å².